The number of hydrogen-bond acceptors (Lipinski definition) is 1. The number of benzene rings is 1. The molecule has 0 unspecified atom stereocenters. The summed E-state index contributed by atoms with van der Waals surface area (Å²) in [5.41, 5.74) is 1.40. The maximum absolute atomic E-state index is 3.21. The number of likely N-dealkylation sites (N-methyl/N-ethyl adjacent to an activating group) is 1. The molecule has 0 amide bonds. The van der Waals surface area contributed by atoms with E-state index in [-0.39, 0.29) is 0 Å². The highest BCUT2D eigenvalue weighted by molar-refractivity contribution is 5.15. The van der Waals surface area contributed by atoms with Crippen LogP contribution in [0.1, 0.15) is 12.5 Å². The molecule has 0 spiro atoms. The van der Waals surface area contributed by atoms with Gasteiger partial charge in [-0.1, -0.05) is 30.3 Å². The Hall–Kier alpha value is -0.820. The Morgan fingerprint density at radius 1 is 1.27 bits per heavy atom. The van der Waals surface area contributed by atoms with Gasteiger partial charge in [-0.15, -0.1) is 0 Å². The quantitative estimate of drug-likeness (QED) is 0.691. The lowest BCUT2D eigenvalue weighted by Gasteiger charge is -2.08. The molecule has 0 aromatic heterocycles. The third kappa shape index (κ3) is 2.72. The fourth-order valence-corrected chi connectivity index (χ4v) is 1.07. The Kier molecular flexibility index (Phi) is 3.12. The molecule has 11 heavy (non-hydrogen) atoms. The second-order valence-electron chi connectivity index (χ2n) is 2.88. The van der Waals surface area contributed by atoms with Crippen molar-refractivity contribution >= 4 is 0 Å². The molecule has 0 saturated heterocycles. The highest BCUT2D eigenvalue weighted by atomic mass is 14.8. The summed E-state index contributed by atoms with van der Waals surface area (Å²) in [5.74, 6) is 0. The van der Waals surface area contributed by atoms with Gasteiger partial charge in [-0.25, -0.2) is 0 Å². The Balaban J connectivity index is 2.51. The average Bonchev–Trinajstić information content (AvgIpc) is 2.06. The van der Waals surface area contributed by atoms with E-state index in [0.717, 1.165) is 6.42 Å². The van der Waals surface area contributed by atoms with E-state index in [4.69, 9.17) is 0 Å². The zero-order valence-electron chi connectivity index (χ0n) is 7.17. The van der Waals surface area contributed by atoms with Crippen LogP contribution in [0.4, 0.5) is 0 Å². The molecule has 0 aliphatic rings. The minimum absolute atomic E-state index is 0.567. The van der Waals surface area contributed by atoms with Gasteiger partial charge in [0.05, 0.1) is 0 Å². The van der Waals surface area contributed by atoms with Crippen molar-refractivity contribution in [3.63, 3.8) is 0 Å². The largest absolute Gasteiger partial charge is 0.317 e. The van der Waals surface area contributed by atoms with E-state index in [0.29, 0.717) is 6.04 Å². The molecule has 0 bridgehead atoms. The number of rotatable bonds is 3. The molecule has 1 aromatic carbocycles. The first-order chi connectivity index (χ1) is 5.33. The highest BCUT2D eigenvalue weighted by Gasteiger charge is 1.97. The first kappa shape index (κ1) is 8.28. The lowest BCUT2D eigenvalue weighted by molar-refractivity contribution is 0.608. The summed E-state index contributed by atoms with van der Waals surface area (Å²) < 4.78 is 0. The van der Waals surface area contributed by atoms with Crippen molar-refractivity contribution in [3.05, 3.63) is 35.9 Å². The van der Waals surface area contributed by atoms with Crippen LogP contribution in [-0.4, -0.2) is 13.1 Å². The summed E-state index contributed by atoms with van der Waals surface area (Å²) in [6.45, 7) is 2.19. The summed E-state index contributed by atoms with van der Waals surface area (Å²) in [4.78, 5) is 0. The molecule has 1 atom stereocenters. The zero-order chi connectivity index (χ0) is 8.10. The van der Waals surface area contributed by atoms with E-state index in [1.807, 2.05) is 13.1 Å². The highest BCUT2D eigenvalue weighted by Crippen LogP contribution is 2.01. The van der Waals surface area contributed by atoms with Crippen LogP contribution in [0.15, 0.2) is 30.3 Å². The molecule has 1 rings (SSSR count). The third-order valence-electron chi connectivity index (χ3n) is 1.88. The minimum Gasteiger partial charge on any atom is -0.317 e. The minimum atomic E-state index is 0.567. The third-order valence-corrected chi connectivity index (χ3v) is 1.88. The first-order valence-electron chi connectivity index (χ1n) is 4.04. The van der Waals surface area contributed by atoms with E-state index in [1.165, 1.54) is 5.56 Å². The van der Waals surface area contributed by atoms with E-state index in [2.05, 4.69) is 36.5 Å². The van der Waals surface area contributed by atoms with Gasteiger partial charge in [0.2, 0.25) is 0 Å². The predicted octanol–water partition coefficient (Wildman–Crippen LogP) is 1.84. The van der Waals surface area contributed by atoms with Crippen molar-refractivity contribution in [2.45, 2.75) is 19.4 Å². The van der Waals surface area contributed by atoms with Gasteiger partial charge >= 0.3 is 0 Å². The zero-order valence-corrected chi connectivity index (χ0v) is 7.17. The number of nitrogens with one attached hydrogen (secondary N) is 1. The molecule has 0 aliphatic carbocycles. The van der Waals surface area contributed by atoms with Gasteiger partial charge in [-0.05, 0) is 26.0 Å². The fourth-order valence-electron chi connectivity index (χ4n) is 1.07. The summed E-state index contributed by atoms with van der Waals surface area (Å²) >= 11 is 0. The maximum Gasteiger partial charge on any atom is 0.00761 e. The predicted molar refractivity (Wildman–Crippen MR) is 48.7 cm³/mol. The van der Waals surface area contributed by atoms with Gasteiger partial charge < -0.3 is 5.32 Å². The van der Waals surface area contributed by atoms with Crippen molar-refractivity contribution in [3.8, 4) is 0 Å². The Morgan fingerprint density at radius 2 is 1.91 bits per heavy atom. The SMILES string of the molecule is CN[C@H](C)Cc1ccccc1. The van der Waals surface area contributed by atoms with Crippen LogP contribution in [0.3, 0.4) is 0 Å². The van der Waals surface area contributed by atoms with Crippen LogP contribution in [0.2, 0.25) is 0 Å². The van der Waals surface area contributed by atoms with Crippen LogP contribution in [-0.2, 0) is 6.42 Å². The molecular weight excluding hydrogens is 134 g/mol. The molecule has 1 nitrogen and oxygen atoms in total. The van der Waals surface area contributed by atoms with Crippen molar-refractivity contribution in [2.75, 3.05) is 7.05 Å². The molecule has 0 fully saturated rings. The second kappa shape index (κ2) is 4.14. The molecule has 0 saturated carbocycles. The van der Waals surface area contributed by atoms with Crippen LogP contribution in [0.5, 0.6) is 0 Å². The number of hydrogen-bond donors (Lipinski definition) is 1. The van der Waals surface area contributed by atoms with Crippen molar-refractivity contribution in [1.29, 1.82) is 0 Å². The van der Waals surface area contributed by atoms with Gasteiger partial charge in [-0.3, -0.25) is 0 Å². The molecule has 1 N–H and O–H groups in total. The summed E-state index contributed by atoms with van der Waals surface area (Å²) in [6.07, 6.45) is 1.11. The topological polar surface area (TPSA) is 12.0 Å². The average molecular weight is 149 g/mol. The van der Waals surface area contributed by atoms with Gasteiger partial charge in [0.15, 0.2) is 0 Å². The fraction of sp³-hybridized carbons (Fsp3) is 0.400. The molecule has 0 radical (unpaired) electrons. The van der Waals surface area contributed by atoms with Crippen LogP contribution in [0.25, 0.3) is 0 Å². The lowest BCUT2D eigenvalue weighted by Crippen LogP contribution is -2.23. The van der Waals surface area contributed by atoms with Gasteiger partial charge in [0.25, 0.3) is 0 Å². The van der Waals surface area contributed by atoms with Crippen molar-refractivity contribution in [2.24, 2.45) is 0 Å². The smallest absolute Gasteiger partial charge is 0.00761 e. The van der Waals surface area contributed by atoms with Gasteiger partial charge in [0.1, 0.15) is 0 Å². The standard InChI is InChI=1S/C10H15N/c1-9(11-2)8-10-6-4-3-5-7-10/h3-7,9,11H,8H2,1-2H3/t9-/m1/s1. The van der Waals surface area contributed by atoms with Crippen molar-refractivity contribution in [1.82, 2.24) is 5.32 Å². The summed E-state index contributed by atoms with van der Waals surface area (Å²) in [7, 11) is 1.99. The van der Waals surface area contributed by atoms with Gasteiger partial charge in [0, 0.05) is 6.04 Å². The molecular formula is C10H15N. The summed E-state index contributed by atoms with van der Waals surface area (Å²) in [5, 5.41) is 3.21. The second-order valence-corrected chi connectivity index (χ2v) is 2.88. The van der Waals surface area contributed by atoms with Crippen LogP contribution in [0, 0.1) is 0 Å². The van der Waals surface area contributed by atoms with E-state index >= 15 is 0 Å². The molecule has 1 heteroatoms. The molecule has 1 aromatic rings. The molecule has 60 valence electrons. The normalized spacial score (nSPS) is 12.9. The lowest BCUT2D eigenvalue weighted by atomic mass is 10.1. The summed E-state index contributed by atoms with van der Waals surface area (Å²) in [6, 6.07) is 11.1. The monoisotopic (exact) mass is 149 g/mol. The van der Waals surface area contributed by atoms with Crippen LogP contribution < -0.4 is 5.32 Å². The first-order valence-corrected chi connectivity index (χ1v) is 4.04. The van der Waals surface area contributed by atoms with Gasteiger partial charge in [-0.2, -0.15) is 0 Å². The van der Waals surface area contributed by atoms with Crippen LogP contribution >= 0.6 is 0 Å². The maximum atomic E-state index is 3.21. The Morgan fingerprint density at radius 3 is 2.45 bits per heavy atom. The molecule has 0 heterocycles. The van der Waals surface area contributed by atoms with E-state index < -0.39 is 0 Å². The Bertz CT molecular complexity index is 193. The van der Waals surface area contributed by atoms with E-state index in [1.54, 1.807) is 0 Å². The molecule has 0 aliphatic heterocycles. The Labute approximate surface area is 68.4 Å². The van der Waals surface area contributed by atoms with Crippen molar-refractivity contribution < 1.29 is 0 Å². The van der Waals surface area contributed by atoms with E-state index in [9.17, 15) is 0 Å².